The maximum Gasteiger partial charge on any atom is 0.247 e. The third-order valence-corrected chi connectivity index (χ3v) is 3.34. The van der Waals surface area contributed by atoms with Crippen LogP contribution in [-0.4, -0.2) is 25.9 Å². The lowest BCUT2D eigenvalue weighted by Crippen LogP contribution is -2.07. The van der Waals surface area contributed by atoms with Gasteiger partial charge in [0.25, 0.3) is 0 Å². The van der Waals surface area contributed by atoms with Gasteiger partial charge in [-0.05, 0) is 32.9 Å². The van der Waals surface area contributed by atoms with Gasteiger partial charge in [0.2, 0.25) is 5.95 Å². The van der Waals surface area contributed by atoms with Crippen molar-refractivity contribution >= 4 is 11.6 Å². The number of nitrogens with zero attached hydrogens (tertiary/aromatic N) is 4. The van der Waals surface area contributed by atoms with Gasteiger partial charge in [-0.3, -0.25) is 4.98 Å². The minimum atomic E-state index is -0.943. The van der Waals surface area contributed by atoms with Gasteiger partial charge < -0.3 is 10.1 Å². The van der Waals surface area contributed by atoms with Crippen molar-refractivity contribution in [2.75, 3.05) is 5.32 Å². The summed E-state index contributed by atoms with van der Waals surface area (Å²) in [5, 5.41) is 7.26. The van der Waals surface area contributed by atoms with Gasteiger partial charge in [-0.2, -0.15) is 4.98 Å². The first-order valence-corrected chi connectivity index (χ1v) is 7.70. The maximum atomic E-state index is 13.3. The first-order valence-electron chi connectivity index (χ1n) is 7.70. The summed E-state index contributed by atoms with van der Waals surface area (Å²) < 4.78 is 33.3. The highest BCUT2D eigenvalue weighted by Crippen LogP contribution is 2.23. The second-order valence-electron chi connectivity index (χ2n) is 5.71. The number of halogens is 2. The average molecular weight is 345 g/mol. The summed E-state index contributed by atoms with van der Waals surface area (Å²) in [6, 6.07) is 5.32. The molecule has 25 heavy (non-hydrogen) atoms. The van der Waals surface area contributed by atoms with Crippen LogP contribution in [0.5, 0.6) is 5.75 Å². The van der Waals surface area contributed by atoms with Gasteiger partial charge in [-0.25, -0.2) is 13.5 Å². The molecule has 0 aliphatic rings. The quantitative estimate of drug-likeness (QED) is 0.762. The van der Waals surface area contributed by atoms with Crippen LogP contribution in [0, 0.1) is 18.6 Å². The molecule has 6 nitrogen and oxygen atoms in total. The van der Waals surface area contributed by atoms with E-state index in [1.165, 1.54) is 17.1 Å². The molecule has 2 aromatic heterocycles. The third-order valence-electron chi connectivity index (χ3n) is 3.34. The van der Waals surface area contributed by atoms with Gasteiger partial charge in [0, 0.05) is 12.1 Å². The van der Waals surface area contributed by atoms with E-state index in [0.29, 0.717) is 23.1 Å². The largest absolute Gasteiger partial charge is 0.489 e. The molecular weight excluding hydrogens is 328 g/mol. The van der Waals surface area contributed by atoms with Crippen molar-refractivity contribution in [3.8, 4) is 11.4 Å². The van der Waals surface area contributed by atoms with E-state index < -0.39 is 11.6 Å². The molecule has 0 saturated heterocycles. The molecule has 0 aliphatic heterocycles. The molecule has 0 fully saturated rings. The minimum absolute atomic E-state index is 0.0306. The van der Waals surface area contributed by atoms with Crippen LogP contribution < -0.4 is 10.1 Å². The Kier molecular flexibility index (Phi) is 4.60. The molecule has 3 aromatic rings. The van der Waals surface area contributed by atoms with E-state index in [1.807, 2.05) is 20.8 Å². The predicted octanol–water partition coefficient (Wildman–Crippen LogP) is 3.78. The number of benzene rings is 1. The highest BCUT2D eigenvalue weighted by Gasteiger charge is 2.10. The smallest absolute Gasteiger partial charge is 0.247 e. The summed E-state index contributed by atoms with van der Waals surface area (Å²) in [6.07, 6.45) is 3.09. The fraction of sp³-hybridized carbons (Fsp3) is 0.235. The standard InChI is InChI=1S/C17H17F2N5O/c1-10(2)25-13-7-16(11(3)20-8-13)22-17-21-9-24(23-17)12-4-5-14(18)15(19)6-12/h4-10H,1-3H3,(H,22,23). The van der Waals surface area contributed by atoms with Crippen LogP contribution in [0.2, 0.25) is 0 Å². The van der Waals surface area contributed by atoms with E-state index in [0.717, 1.165) is 17.8 Å². The van der Waals surface area contributed by atoms with E-state index in [4.69, 9.17) is 4.74 Å². The van der Waals surface area contributed by atoms with Crippen molar-refractivity contribution in [1.29, 1.82) is 0 Å². The number of anilines is 2. The van der Waals surface area contributed by atoms with Crippen LogP contribution in [0.25, 0.3) is 5.69 Å². The Hall–Kier alpha value is -3.03. The van der Waals surface area contributed by atoms with Gasteiger partial charge in [0.1, 0.15) is 12.1 Å². The molecule has 130 valence electrons. The number of hydrogen-bond donors (Lipinski definition) is 1. The Labute approximate surface area is 143 Å². The Bertz CT molecular complexity index is 894. The lowest BCUT2D eigenvalue weighted by molar-refractivity contribution is 0.241. The van der Waals surface area contributed by atoms with Gasteiger partial charge in [-0.15, -0.1) is 5.10 Å². The molecule has 2 heterocycles. The van der Waals surface area contributed by atoms with E-state index >= 15 is 0 Å². The molecule has 1 aromatic carbocycles. The molecule has 0 amide bonds. The Morgan fingerprint density at radius 1 is 1.12 bits per heavy atom. The summed E-state index contributed by atoms with van der Waals surface area (Å²) in [6.45, 7) is 5.70. The number of pyridine rings is 1. The zero-order valence-electron chi connectivity index (χ0n) is 14.0. The molecule has 0 saturated carbocycles. The number of aromatic nitrogens is 4. The number of hydrogen-bond acceptors (Lipinski definition) is 5. The number of rotatable bonds is 5. The summed E-state index contributed by atoms with van der Waals surface area (Å²) in [5.41, 5.74) is 1.81. The average Bonchev–Trinajstić information content (AvgIpc) is 3.01. The first kappa shape index (κ1) is 16.8. The fourth-order valence-electron chi connectivity index (χ4n) is 2.17. The lowest BCUT2D eigenvalue weighted by atomic mass is 10.3. The molecule has 0 atom stereocenters. The van der Waals surface area contributed by atoms with Gasteiger partial charge in [-0.1, -0.05) is 0 Å². The Morgan fingerprint density at radius 3 is 2.64 bits per heavy atom. The molecule has 3 rings (SSSR count). The van der Waals surface area contributed by atoms with Gasteiger partial charge >= 0.3 is 0 Å². The minimum Gasteiger partial charge on any atom is -0.489 e. The van der Waals surface area contributed by atoms with E-state index in [-0.39, 0.29) is 6.10 Å². The highest BCUT2D eigenvalue weighted by atomic mass is 19.2. The van der Waals surface area contributed by atoms with Crippen LogP contribution in [0.1, 0.15) is 19.5 Å². The molecule has 0 spiro atoms. The molecule has 0 unspecified atom stereocenters. The Balaban J connectivity index is 1.82. The van der Waals surface area contributed by atoms with Crippen molar-refractivity contribution in [1.82, 2.24) is 19.7 Å². The van der Waals surface area contributed by atoms with Crippen molar-refractivity contribution in [3.05, 3.63) is 54.1 Å². The molecule has 0 aliphatic carbocycles. The fourth-order valence-corrected chi connectivity index (χ4v) is 2.17. The van der Waals surface area contributed by atoms with E-state index in [2.05, 4.69) is 20.4 Å². The number of aryl methyl sites for hydroxylation is 1. The van der Waals surface area contributed by atoms with E-state index in [1.54, 1.807) is 12.3 Å². The topological polar surface area (TPSA) is 64.9 Å². The van der Waals surface area contributed by atoms with Crippen molar-refractivity contribution in [2.24, 2.45) is 0 Å². The monoisotopic (exact) mass is 345 g/mol. The van der Waals surface area contributed by atoms with Crippen LogP contribution in [-0.2, 0) is 0 Å². The van der Waals surface area contributed by atoms with Crippen LogP contribution >= 0.6 is 0 Å². The van der Waals surface area contributed by atoms with Crippen molar-refractivity contribution < 1.29 is 13.5 Å². The maximum absolute atomic E-state index is 13.3. The Morgan fingerprint density at radius 2 is 1.92 bits per heavy atom. The molecule has 0 radical (unpaired) electrons. The molecule has 0 bridgehead atoms. The zero-order valence-corrected chi connectivity index (χ0v) is 14.0. The highest BCUT2D eigenvalue weighted by molar-refractivity contribution is 5.58. The van der Waals surface area contributed by atoms with Crippen LogP contribution in [0.3, 0.4) is 0 Å². The van der Waals surface area contributed by atoms with Crippen LogP contribution in [0.15, 0.2) is 36.8 Å². The zero-order chi connectivity index (χ0) is 18.0. The first-order chi connectivity index (χ1) is 11.9. The summed E-state index contributed by atoms with van der Waals surface area (Å²) >= 11 is 0. The molecule has 8 heteroatoms. The van der Waals surface area contributed by atoms with Crippen molar-refractivity contribution in [2.45, 2.75) is 26.9 Å². The normalized spacial score (nSPS) is 11.0. The van der Waals surface area contributed by atoms with Crippen LogP contribution in [0.4, 0.5) is 20.4 Å². The molecule has 1 N–H and O–H groups in total. The third kappa shape index (κ3) is 3.90. The van der Waals surface area contributed by atoms with Gasteiger partial charge in [0.05, 0.1) is 29.4 Å². The summed E-state index contributed by atoms with van der Waals surface area (Å²) in [4.78, 5) is 8.40. The number of nitrogens with one attached hydrogen (secondary N) is 1. The van der Waals surface area contributed by atoms with Gasteiger partial charge in [0.15, 0.2) is 11.6 Å². The number of ether oxygens (including phenoxy) is 1. The second-order valence-corrected chi connectivity index (χ2v) is 5.71. The second kappa shape index (κ2) is 6.84. The molecular formula is C17H17F2N5O. The van der Waals surface area contributed by atoms with Crippen molar-refractivity contribution in [3.63, 3.8) is 0 Å². The summed E-state index contributed by atoms with van der Waals surface area (Å²) in [5.74, 6) is -0.925. The SMILES string of the molecule is Cc1ncc(OC(C)C)cc1Nc1ncn(-c2ccc(F)c(F)c2)n1. The lowest BCUT2D eigenvalue weighted by Gasteiger charge is -2.12. The summed E-state index contributed by atoms with van der Waals surface area (Å²) in [7, 11) is 0. The van der Waals surface area contributed by atoms with E-state index in [9.17, 15) is 8.78 Å². The predicted molar refractivity (Wildman–Crippen MR) is 89.3 cm³/mol.